The zero-order chi connectivity index (χ0) is 21.1. The normalized spacial score (nSPS) is 13.6. The number of primary amides is 1. The number of anilines is 2. The number of hydrogen-bond acceptors (Lipinski definition) is 7. The van der Waals surface area contributed by atoms with Gasteiger partial charge in [-0.3, -0.25) is 4.79 Å². The maximum Gasteiger partial charge on any atom is 0.248 e. The fourth-order valence-electron chi connectivity index (χ4n) is 3.10. The lowest BCUT2D eigenvalue weighted by molar-refractivity contribution is 0.1000. The van der Waals surface area contributed by atoms with Crippen LogP contribution in [0, 0.1) is 6.92 Å². The molecule has 2 aromatic carbocycles. The van der Waals surface area contributed by atoms with Crippen LogP contribution >= 0.6 is 11.6 Å². The molecule has 0 radical (unpaired) electrons. The van der Waals surface area contributed by atoms with Crippen molar-refractivity contribution in [3.8, 4) is 5.75 Å². The van der Waals surface area contributed by atoms with Gasteiger partial charge in [0, 0.05) is 17.1 Å². The summed E-state index contributed by atoms with van der Waals surface area (Å²) in [5.41, 5.74) is 7.68. The van der Waals surface area contributed by atoms with Gasteiger partial charge < -0.3 is 20.7 Å². The molecule has 3 aromatic rings. The summed E-state index contributed by atoms with van der Waals surface area (Å²) in [4.78, 5) is 26.2. The minimum atomic E-state index is -0.456. The van der Waals surface area contributed by atoms with Gasteiger partial charge >= 0.3 is 0 Å². The van der Waals surface area contributed by atoms with E-state index in [0.717, 1.165) is 21.9 Å². The van der Waals surface area contributed by atoms with E-state index < -0.39 is 5.91 Å². The Labute approximate surface area is 179 Å². The molecule has 0 bridgehead atoms. The number of nitrogens with zero attached hydrogens (tertiary/aromatic N) is 4. The summed E-state index contributed by atoms with van der Waals surface area (Å²) in [6, 6.07) is 12.8. The summed E-state index contributed by atoms with van der Waals surface area (Å²) >= 11 is 6.06. The Kier molecular flexibility index (Phi) is 5.67. The number of aryl methyl sites for hydroxylation is 1. The second-order valence-electron chi connectivity index (χ2n) is 7.08. The largest absolute Gasteiger partial charge is 0.487 e. The summed E-state index contributed by atoms with van der Waals surface area (Å²) in [6.45, 7) is 3.79. The zero-order valence-corrected chi connectivity index (χ0v) is 17.1. The van der Waals surface area contributed by atoms with Crippen LogP contribution in [0.25, 0.3) is 0 Å². The smallest absolute Gasteiger partial charge is 0.248 e. The monoisotopic (exact) mass is 424 g/mol. The molecule has 8 nitrogen and oxygen atoms in total. The summed E-state index contributed by atoms with van der Waals surface area (Å²) in [7, 11) is 0. The molecule has 154 valence electrons. The Hall–Kier alpha value is -3.39. The van der Waals surface area contributed by atoms with E-state index in [1.54, 1.807) is 18.2 Å². The van der Waals surface area contributed by atoms with Crippen LogP contribution < -0.4 is 20.7 Å². The predicted molar refractivity (Wildman–Crippen MR) is 115 cm³/mol. The topological polar surface area (TPSA) is 106 Å². The highest BCUT2D eigenvalue weighted by Gasteiger charge is 2.30. The van der Waals surface area contributed by atoms with E-state index in [-0.39, 0.29) is 6.10 Å². The SMILES string of the molecule is Cc1cc(OC2CN(c3ncnc(NCc4cccc(C(N)=O)c4)n3)C2)ccc1Cl. The molecule has 0 unspecified atom stereocenters. The molecule has 2 heterocycles. The van der Waals surface area contributed by atoms with Gasteiger partial charge in [-0.25, -0.2) is 9.97 Å². The molecule has 1 fully saturated rings. The molecule has 0 atom stereocenters. The van der Waals surface area contributed by atoms with Crippen molar-refractivity contribution in [1.82, 2.24) is 15.0 Å². The Morgan fingerprint density at radius 2 is 2.10 bits per heavy atom. The number of carbonyl (C=O) groups is 1. The van der Waals surface area contributed by atoms with Gasteiger partial charge in [0.15, 0.2) is 0 Å². The van der Waals surface area contributed by atoms with Crippen LogP contribution in [-0.4, -0.2) is 40.1 Å². The second kappa shape index (κ2) is 8.54. The van der Waals surface area contributed by atoms with Crippen molar-refractivity contribution >= 4 is 29.4 Å². The van der Waals surface area contributed by atoms with Gasteiger partial charge in [0.1, 0.15) is 18.2 Å². The van der Waals surface area contributed by atoms with Gasteiger partial charge in [0.05, 0.1) is 13.1 Å². The van der Waals surface area contributed by atoms with Gasteiger partial charge in [0.2, 0.25) is 17.8 Å². The third-order valence-corrected chi connectivity index (χ3v) is 5.21. The van der Waals surface area contributed by atoms with Gasteiger partial charge in [-0.1, -0.05) is 23.7 Å². The van der Waals surface area contributed by atoms with E-state index >= 15 is 0 Å². The van der Waals surface area contributed by atoms with Crippen LogP contribution in [-0.2, 0) is 6.54 Å². The Balaban J connectivity index is 1.32. The van der Waals surface area contributed by atoms with E-state index in [1.165, 1.54) is 6.33 Å². The predicted octanol–water partition coefficient (Wildman–Crippen LogP) is 2.81. The fourth-order valence-corrected chi connectivity index (χ4v) is 3.22. The lowest BCUT2D eigenvalue weighted by Crippen LogP contribution is -2.54. The van der Waals surface area contributed by atoms with Gasteiger partial charge in [-0.05, 0) is 48.4 Å². The lowest BCUT2D eigenvalue weighted by Gasteiger charge is -2.38. The van der Waals surface area contributed by atoms with E-state index in [2.05, 4.69) is 20.3 Å². The number of ether oxygens (including phenoxy) is 1. The molecule has 3 N–H and O–H groups in total. The van der Waals surface area contributed by atoms with Crippen molar-refractivity contribution in [2.75, 3.05) is 23.3 Å². The second-order valence-corrected chi connectivity index (χ2v) is 7.49. The van der Waals surface area contributed by atoms with Crippen molar-refractivity contribution < 1.29 is 9.53 Å². The number of hydrogen-bond donors (Lipinski definition) is 2. The molecular formula is C21H21ClN6O2. The first-order chi connectivity index (χ1) is 14.5. The minimum Gasteiger partial charge on any atom is -0.487 e. The molecule has 9 heteroatoms. The van der Waals surface area contributed by atoms with Crippen molar-refractivity contribution in [3.63, 3.8) is 0 Å². The third-order valence-electron chi connectivity index (χ3n) is 4.78. The van der Waals surface area contributed by atoms with Crippen molar-refractivity contribution in [3.05, 3.63) is 70.5 Å². The van der Waals surface area contributed by atoms with Crippen LogP contribution in [0.2, 0.25) is 5.02 Å². The van der Waals surface area contributed by atoms with Crippen molar-refractivity contribution in [2.45, 2.75) is 19.6 Å². The number of halogens is 1. The average Bonchev–Trinajstić information content (AvgIpc) is 2.72. The maximum atomic E-state index is 11.3. The Bertz CT molecular complexity index is 1070. The molecule has 4 rings (SSSR count). The zero-order valence-electron chi connectivity index (χ0n) is 16.4. The van der Waals surface area contributed by atoms with Gasteiger partial charge in [-0.2, -0.15) is 4.98 Å². The number of benzene rings is 2. The number of amides is 1. The van der Waals surface area contributed by atoms with E-state index in [4.69, 9.17) is 22.1 Å². The van der Waals surface area contributed by atoms with Gasteiger partial charge in [0.25, 0.3) is 0 Å². The number of nitrogens with one attached hydrogen (secondary N) is 1. The van der Waals surface area contributed by atoms with Crippen LogP contribution in [0.3, 0.4) is 0 Å². The van der Waals surface area contributed by atoms with E-state index in [0.29, 0.717) is 37.1 Å². The first-order valence-corrected chi connectivity index (χ1v) is 9.85. The molecule has 30 heavy (non-hydrogen) atoms. The fraction of sp³-hybridized carbons (Fsp3) is 0.238. The lowest BCUT2D eigenvalue weighted by atomic mass is 10.1. The van der Waals surface area contributed by atoms with Crippen LogP contribution in [0.5, 0.6) is 5.75 Å². The van der Waals surface area contributed by atoms with Crippen LogP contribution in [0.4, 0.5) is 11.9 Å². The average molecular weight is 425 g/mol. The molecule has 1 aliphatic rings. The number of rotatable bonds is 7. The third kappa shape index (κ3) is 4.60. The standard InChI is InChI=1S/C21H21ClN6O2/c1-13-7-16(5-6-18(13)22)30-17-10-28(11-17)21-26-12-25-20(27-21)24-9-14-3-2-4-15(8-14)19(23)29/h2-8,12,17H,9-11H2,1H3,(H2,23,29)(H,24,25,26,27). The van der Waals surface area contributed by atoms with E-state index in [1.807, 2.05) is 36.1 Å². The summed E-state index contributed by atoms with van der Waals surface area (Å²) < 4.78 is 5.98. The van der Waals surface area contributed by atoms with Gasteiger partial charge in [-0.15, -0.1) is 0 Å². The first-order valence-electron chi connectivity index (χ1n) is 9.47. The van der Waals surface area contributed by atoms with Crippen LogP contribution in [0.15, 0.2) is 48.8 Å². The Morgan fingerprint density at radius 3 is 2.87 bits per heavy atom. The number of carbonyl (C=O) groups excluding carboxylic acids is 1. The minimum absolute atomic E-state index is 0.0651. The molecule has 1 aromatic heterocycles. The van der Waals surface area contributed by atoms with Crippen molar-refractivity contribution in [1.29, 1.82) is 0 Å². The quantitative estimate of drug-likeness (QED) is 0.600. The summed E-state index contributed by atoms with van der Waals surface area (Å²) in [6.07, 6.45) is 1.54. The Morgan fingerprint density at radius 1 is 1.27 bits per heavy atom. The molecule has 1 amide bonds. The molecular weight excluding hydrogens is 404 g/mol. The summed E-state index contributed by atoms with van der Waals surface area (Å²) in [5.74, 6) is 1.40. The van der Waals surface area contributed by atoms with Crippen LogP contribution in [0.1, 0.15) is 21.5 Å². The summed E-state index contributed by atoms with van der Waals surface area (Å²) in [5, 5.41) is 3.87. The highest BCUT2D eigenvalue weighted by molar-refractivity contribution is 6.31. The molecule has 1 aliphatic heterocycles. The highest BCUT2D eigenvalue weighted by Crippen LogP contribution is 2.25. The maximum absolute atomic E-state index is 11.3. The molecule has 1 saturated heterocycles. The molecule has 0 aliphatic carbocycles. The molecule has 0 spiro atoms. The number of aromatic nitrogens is 3. The first kappa shape index (κ1) is 19.9. The highest BCUT2D eigenvalue weighted by atomic mass is 35.5. The molecule has 0 saturated carbocycles. The van der Waals surface area contributed by atoms with E-state index in [9.17, 15) is 4.79 Å². The number of nitrogens with two attached hydrogens (primary N) is 1. The van der Waals surface area contributed by atoms with Crippen molar-refractivity contribution in [2.24, 2.45) is 5.73 Å².